The van der Waals surface area contributed by atoms with E-state index in [1.54, 1.807) is 6.07 Å². The van der Waals surface area contributed by atoms with Gasteiger partial charge in [0.15, 0.2) is 0 Å². The third-order valence-corrected chi connectivity index (χ3v) is 2.36. The van der Waals surface area contributed by atoms with Gasteiger partial charge >= 0.3 is 0 Å². The summed E-state index contributed by atoms with van der Waals surface area (Å²) in [5.41, 5.74) is 2.03. The van der Waals surface area contributed by atoms with Crippen LogP contribution in [0.15, 0.2) is 29.8 Å². The lowest BCUT2D eigenvalue weighted by atomic mass is 10.1. The highest BCUT2D eigenvalue weighted by molar-refractivity contribution is 5.53. The van der Waals surface area contributed by atoms with Crippen molar-refractivity contribution in [3.8, 4) is 0 Å². The molecule has 0 bridgehead atoms. The van der Waals surface area contributed by atoms with E-state index in [9.17, 15) is 8.78 Å². The summed E-state index contributed by atoms with van der Waals surface area (Å²) in [4.78, 5) is 0. The number of benzene rings is 1. The molecule has 1 N–H and O–H groups in total. The molecule has 0 aliphatic rings. The highest BCUT2D eigenvalue weighted by Crippen LogP contribution is 2.20. The van der Waals surface area contributed by atoms with Crippen LogP contribution >= 0.6 is 0 Å². The quantitative estimate of drug-likeness (QED) is 0.818. The van der Waals surface area contributed by atoms with Gasteiger partial charge in [0.25, 0.3) is 6.43 Å². The first-order chi connectivity index (χ1) is 7.99. The molecule has 0 heterocycles. The van der Waals surface area contributed by atoms with E-state index in [1.165, 1.54) is 12.1 Å². The van der Waals surface area contributed by atoms with Crippen molar-refractivity contribution < 1.29 is 8.78 Å². The fraction of sp³-hybridized carbons (Fsp3) is 0.429. The molecule has 1 aromatic rings. The highest BCUT2D eigenvalue weighted by Gasteiger charge is 2.06. The second-order valence-electron chi connectivity index (χ2n) is 4.50. The Morgan fingerprint density at radius 1 is 1.35 bits per heavy atom. The summed E-state index contributed by atoms with van der Waals surface area (Å²) in [5, 5.41) is 3.29. The molecule has 1 aromatic carbocycles. The Kier molecular flexibility index (Phi) is 5.29. The lowest BCUT2D eigenvalue weighted by molar-refractivity contribution is 0.151. The van der Waals surface area contributed by atoms with Gasteiger partial charge in [-0.3, -0.25) is 0 Å². The van der Waals surface area contributed by atoms with E-state index in [0.29, 0.717) is 6.04 Å². The molecule has 94 valence electrons. The summed E-state index contributed by atoms with van der Waals surface area (Å²) in [6.45, 7) is 6.91. The first-order valence-electron chi connectivity index (χ1n) is 5.77. The zero-order chi connectivity index (χ0) is 12.8. The summed E-state index contributed by atoms with van der Waals surface area (Å²) >= 11 is 0. The predicted molar refractivity (Wildman–Crippen MR) is 68.2 cm³/mol. The number of rotatable bonds is 5. The van der Waals surface area contributed by atoms with E-state index >= 15 is 0 Å². The largest absolute Gasteiger partial charge is 0.311 e. The van der Waals surface area contributed by atoms with Crippen molar-refractivity contribution in [1.82, 2.24) is 5.32 Å². The van der Waals surface area contributed by atoms with Gasteiger partial charge in [0.1, 0.15) is 0 Å². The molecule has 0 amide bonds. The molecule has 17 heavy (non-hydrogen) atoms. The van der Waals surface area contributed by atoms with E-state index in [-0.39, 0.29) is 5.56 Å². The maximum atomic E-state index is 12.5. The van der Waals surface area contributed by atoms with Gasteiger partial charge in [0.05, 0.1) is 0 Å². The van der Waals surface area contributed by atoms with Crippen LogP contribution in [0.1, 0.15) is 38.3 Å². The fourth-order valence-corrected chi connectivity index (χ4v) is 1.49. The highest BCUT2D eigenvalue weighted by atomic mass is 19.3. The van der Waals surface area contributed by atoms with Crippen LogP contribution in [-0.4, -0.2) is 12.6 Å². The predicted octanol–water partition coefficient (Wildman–Crippen LogP) is 4.03. The van der Waals surface area contributed by atoms with Crippen molar-refractivity contribution in [2.45, 2.75) is 33.2 Å². The van der Waals surface area contributed by atoms with Gasteiger partial charge in [0, 0.05) is 18.2 Å². The van der Waals surface area contributed by atoms with Crippen molar-refractivity contribution in [3.05, 3.63) is 41.0 Å². The first kappa shape index (κ1) is 13.8. The number of hydrogen-bond donors (Lipinski definition) is 1. The monoisotopic (exact) mass is 239 g/mol. The Balaban J connectivity index is 2.72. The first-order valence-corrected chi connectivity index (χ1v) is 5.77. The summed E-state index contributed by atoms with van der Waals surface area (Å²) in [6, 6.07) is 6.90. The Labute approximate surface area is 102 Å². The van der Waals surface area contributed by atoms with Gasteiger partial charge in [-0.2, -0.15) is 0 Å². The van der Waals surface area contributed by atoms with Crippen LogP contribution in [0.2, 0.25) is 0 Å². The van der Waals surface area contributed by atoms with E-state index in [4.69, 9.17) is 0 Å². The van der Waals surface area contributed by atoms with Crippen LogP contribution in [0.4, 0.5) is 8.78 Å². The normalized spacial score (nSPS) is 12.5. The molecule has 1 nitrogen and oxygen atoms in total. The Hall–Kier alpha value is -1.22. The second-order valence-corrected chi connectivity index (χ2v) is 4.50. The lowest BCUT2D eigenvalue weighted by Crippen LogP contribution is -2.24. The number of alkyl halides is 2. The van der Waals surface area contributed by atoms with E-state index in [0.717, 1.165) is 17.7 Å². The molecule has 3 heteroatoms. The van der Waals surface area contributed by atoms with Crippen molar-refractivity contribution in [3.63, 3.8) is 0 Å². The number of hydrogen-bond acceptors (Lipinski definition) is 1. The summed E-state index contributed by atoms with van der Waals surface area (Å²) in [6.07, 6.45) is -0.473. The van der Waals surface area contributed by atoms with Gasteiger partial charge in [-0.1, -0.05) is 43.7 Å². The molecule has 0 aromatic heterocycles. The molecular formula is C14H19F2N. The molecule has 0 aliphatic heterocycles. The maximum Gasteiger partial charge on any atom is 0.263 e. The van der Waals surface area contributed by atoms with Crippen LogP contribution in [0.25, 0.3) is 6.08 Å². The maximum absolute atomic E-state index is 12.5. The third-order valence-electron chi connectivity index (χ3n) is 2.36. The minimum Gasteiger partial charge on any atom is -0.311 e. The molecule has 0 saturated heterocycles. The van der Waals surface area contributed by atoms with Crippen LogP contribution < -0.4 is 5.32 Å². The molecule has 0 aliphatic carbocycles. The van der Waals surface area contributed by atoms with Crippen LogP contribution in [-0.2, 0) is 0 Å². The van der Waals surface area contributed by atoms with Gasteiger partial charge in [-0.15, -0.1) is 0 Å². The standard InChI is InChI=1S/C14H19F2N/c1-10(2)17-9-11(3)7-12-5-4-6-13(8-12)14(15)16/h4-8,10,14,17H,9H2,1-3H3/b11-7+. The molecule has 0 fully saturated rings. The number of nitrogens with one attached hydrogen (secondary N) is 1. The van der Waals surface area contributed by atoms with Crippen LogP contribution in [0.5, 0.6) is 0 Å². The molecule has 0 unspecified atom stereocenters. The van der Waals surface area contributed by atoms with E-state index < -0.39 is 6.43 Å². The summed E-state index contributed by atoms with van der Waals surface area (Å²) < 4.78 is 25.0. The zero-order valence-electron chi connectivity index (χ0n) is 10.5. The summed E-state index contributed by atoms with van der Waals surface area (Å²) in [5.74, 6) is 0. The zero-order valence-corrected chi connectivity index (χ0v) is 10.5. The van der Waals surface area contributed by atoms with Crippen molar-refractivity contribution in [2.24, 2.45) is 0 Å². The Bertz CT molecular complexity index is 384. The minimum absolute atomic E-state index is 0.0726. The SMILES string of the molecule is C/C(=C\c1cccc(C(F)F)c1)CNC(C)C. The average molecular weight is 239 g/mol. The van der Waals surface area contributed by atoms with Crippen LogP contribution in [0, 0.1) is 0 Å². The molecular weight excluding hydrogens is 220 g/mol. The van der Waals surface area contributed by atoms with Gasteiger partial charge in [0.2, 0.25) is 0 Å². The second kappa shape index (κ2) is 6.50. The molecule has 0 saturated carbocycles. The smallest absolute Gasteiger partial charge is 0.263 e. The Morgan fingerprint density at radius 2 is 2.06 bits per heavy atom. The van der Waals surface area contributed by atoms with Crippen molar-refractivity contribution in [1.29, 1.82) is 0 Å². The van der Waals surface area contributed by atoms with Gasteiger partial charge in [-0.05, 0) is 18.6 Å². The average Bonchev–Trinajstić information content (AvgIpc) is 2.26. The van der Waals surface area contributed by atoms with Crippen molar-refractivity contribution >= 4 is 6.08 Å². The van der Waals surface area contributed by atoms with Crippen molar-refractivity contribution in [2.75, 3.05) is 6.54 Å². The Morgan fingerprint density at radius 3 is 2.65 bits per heavy atom. The minimum atomic E-state index is -2.41. The lowest BCUT2D eigenvalue weighted by Gasteiger charge is -2.08. The molecule has 1 rings (SSSR count). The van der Waals surface area contributed by atoms with E-state index in [2.05, 4.69) is 19.2 Å². The fourth-order valence-electron chi connectivity index (χ4n) is 1.49. The number of halogens is 2. The molecule has 0 atom stereocenters. The van der Waals surface area contributed by atoms with Crippen LogP contribution in [0.3, 0.4) is 0 Å². The summed E-state index contributed by atoms with van der Waals surface area (Å²) in [7, 11) is 0. The topological polar surface area (TPSA) is 12.0 Å². The molecule has 0 spiro atoms. The van der Waals surface area contributed by atoms with Gasteiger partial charge in [-0.25, -0.2) is 8.78 Å². The third kappa shape index (κ3) is 5.09. The van der Waals surface area contributed by atoms with E-state index in [1.807, 2.05) is 19.1 Å². The molecule has 0 radical (unpaired) electrons. The van der Waals surface area contributed by atoms with Gasteiger partial charge < -0.3 is 5.32 Å².